The first-order chi connectivity index (χ1) is 14.6. The van der Waals surface area contributed by atoms with Gasteiger partial charge in [0.1, 0.15) is 17.9 Å². The number of nitrogens with zero attached hydrogens (tertiary/aromatic N) is 2. The maximum absolute atomic E-state index is 5.45. The predicted octanol–water partition coefficient (Wildman–Crippen LogP) is 5.95. The van der Waals surface area contributed by atoms with Crippen LogP contribution in [0.1, 0.15) is 0 Å². The predicted molar refractivity (Wildman–Crippen MR) is 130 cm³/mol. The van der Waals surface area contributed by atoms with Crippen molar-refractivity contribution in [1.82, 2.24) is 9.97 Å². The Balaban J connectivity index is 1.53. The van der Waals surface area contributed by atoms with Gasteiger partial charge in [0.05, 0.1) is 12.6 Å². The van der Waals surface area contributed by atoms with E-state index in [0.717, 1.165) is 44.0 Å². The Morgan fingerprint density at radius 2 is 1.67 bits per heavy atom. The molecule has 3 N–H and O–H groups in total. The number of anilines is 4. The van der Waals surface area contributed by atoms with E-state index in [-0.39, 0.29) is 0 Å². The summed E-state index contributed by atoms with van der Waals surface area (Å²) in [7, 11) is 1.64. The van der Waals surface area contributed by atoms with Crippen molar-refractivity contribution >= 4 is 67.0 Å². The second-order valence-corrected chi connectivity index (χ2v) is 7.72. The van der Waals surface area contributed by atoms with Crippen LogP contribution in [0.3, 0.4) is 0 Å². The van der Waals surface area contributed by atoms with E-state index in [1.807, 2.05) is 66.7 Å². The second kappa shape index (κ2) is 9.06. The maximum Gasteiger partial charge on any atom is 0.175 e. The molecule has 0 aliphatic heterocycles. The van der Waals surface area contributed by atoms with Crippen molar-refractivity contribution in [3.63, 3.8) is 0 Å². The summed E-state index contributed by atoms with van der Waals surface area (Å²) in [4.78, 5) is 8.77. The third-order valence-corrected chi connectivity index (χ3v) is 5.03. The zero-order chi connectivity index (χ0) is 20.9. The number of halogens is 1. The Kier molecular flexibility index (Phi) is 6.06. The molecular weight excluding hydrogens is 462 g/mol. The number of fused-ring (bicyclic) bond motifs is 1. The van der Waals surface area contributed by atoms with Gasteiger partial charge in [0.2, 0.25) is 0 Å². The molecule has 4 rings (SSSR count). The van der Waals surface area contributed by atoms with Crippen LogP contribution in [0.15, 0.2) is 77.5 Å². The van der Waals surface area contributed by atoms with Gasteiger partial charge >= 0.3 is 0 Å². The molecule has 1 aromatic heterocycles. The van der Waals surface area contributed by atoms with Crippen molar-refractivity contribution in [3.8, 4) is 5.75 Å². The van der Waals surface area contributed by atoms with Gasteiger partial charge in [0.25, 0.3) is 0 Å². The van der Waals surface area contributed by atoms with Crippen LogP contribution in [0.4, 0.5) is 22.9 Å². The number of ether oxygens (including phenoxy) is 1. The first kappa shape index (κ1) is 20.1. The highest BCUT2D eigenvalue weighted by Gasteiger charge is 2.07. The molecule has 0 saturated carbocycles. The molecule has 4 aromatic rings. The molecule has 150 valence electrons. The molecular formula is C22H18BrN5OS. The summed E-state index contributed by atoms with van der Waals surface area (Å²) < 4.78 is 6.16. The molecule has 0 saturated heterocycles. The first-order valence-corrected chi connectivity index (χ1v) is 10.3. The molecule has 0 aliphatic carbocycles. The Morgan fingerprint density at radius 3 is 2.43 bits per heavy atom. The molecule has 3 aromatic carbocycles. The fourth-order valence-electron chi connectivity index (χ4n) is 2.90. The van der Waals surface area contributed by atoms with Gasteiger partial charge in [-0.05, 0) is 72.9 Å². The van der Waals surface area contributed by atoms with Crippen molar-refractivity contribution in [2.75, 3.05) is 23.1 Å². The molecule has 0 atom stereocenters. The van der Waals surface area contributed by atoms with E-state index in [4.69, 9.17) is 17.0 Å². The van der Waals surface area contributed by atoms with Gasteiger partial charge in [-0.15, -0.1) is 0 Å². The lowest BCUT2D eigenvalue weighted by Gasteiger charge is -2.13. The number of aromatic nitrogens is 2. The normalized spacial score (nSPS) is 10.5. The summed E-state index contributed by atoms with van der Waals surface area (Å²) in [5.74, 6) is 1.51. The van der Waals surface area contributed by atoms with E-state index in [2.05, 4.69) is 41.8 Å². The number of hydrogen-bond donors (Lipinski definition) is 3. The van der Waals surface area contributed by atoms with Crippen molar-refractivity contribution in [3.05, 3.63) is 77.5 Å². The van der Waals surface area contributed by atoms with Crippen LogP contribution in [0, 0.1) is 0 Å². The van der Waals surface area contributed by atoms with Crippen LogP contribution < -0.4 is 20.7 Å². The Hall–Kier alpha value is -3.23. The number of hydrogen-bond acceptors (Lipinski definition) is 5. The fourth-order valence-corrected chi connectivity index (χ4v) is 3.54. The maximum atomic E-state index is 5.45. The largest absolute Gasteiger partial charge is 0.497 e. The lowest BCUT2D eigenvalue weighted by molar-refractivity contribution is 0.415. The molecule has 0 radical (unpaired) electrons. The summed E-state index contributed by atoms with van der Waals surface area (Å²) >= 11 is 8.94. The van der Waals surface area contributed by atoms with Gasteiger partial charge in [-0.1, -0.05) is 22.0 Å². The van der Waals surface area contributed by atoms with Gasteiger partial charge in [0, 0.05) is 26.9 Å². The SMILES string of the molecule is COc1ccc(NC(=S)Nc2ccc3ncnc(Nc4cccc(Br)c4)c3c2)cc1. The lowest BCUT2D eigenvalue weighted by Crippen LogP contribution is -2.19. The summed E-state index contributed by atoms with van der Waals surface area (Å²) in [5, 5.41) is 11.1. The third kappa shape index (κ3) is 4.84. The molecule has 0 fully saturated rings. The quantitative estimate of drug-likeness (QED) is 0.305. The van der Waals surface area contributed by atoms with Crippen LogP contribution in [-0.4, -0.2) is 22.2 Å². The molecule has 1 heterocycles. The van der Waals surface area contributed by atoms with E-state index in [0.29, 0.717) is 5.11 Å². The smallest absolute Gasteiger partial charge is 0.175 e. The number of nitrogens with one attached hydrogen (secondary N) is 3. The molecule has 0 aliphatic rings. The van der Waals surface area contributed by atoms with Crippen LogP contribution in [0.5, 0.6) is 5.75 Å². The van der Waals surface area contributed by atoms with Crippen molar-refractivity contribution in [2.45, 2.75) is 0 Å². The van der Waals surface area contributed by atoms with Crippen molar-refractivity contribution in [2.24, 2.45) is 0 Å². The minimum Gasteiger partial charge on any atom is -0.497 e. The fraction of sp³-hybridized carbons (Fsp3) is 0.0455. The highest BCUT2D eigenvalue weighted by Crippen LogP contribution is 2.27. The lowest BCUT2D eigenvalue weighted by atomic mass is 10.2. The van der Waals surface area contributed by atoms with E-state index in [9.17, 15) is 0 Å². The molecule has 0 amide bonds. The molecule has 0 unspecified atom stereocenters. The summed E-state index contributed by atoms with van der Waals surface area (Å²) in [6.45, 7) is 0. The second-order valence-electron chi connectivity index (χ2n) is 6.40. The zero-order valence-electron chi connectivity index (χ0n) is 16.0. The van der Waals surface area contributed by atoms with Gasteiger partial charge in [-0.3, -0.25) is 0 Å². The molecule has 0 spiro atoms. The van der Waals surface area contributed by atoms with Crippen molar-refractivity contribution < 1.29 is 4.74 Å². The van der Waals surface area contributed by atoms with Crippen LogP contribution in [0.25, 0.3) is 10.9 Å². The number of rotatable bonds is 5. The molecule has 8 heteroatoms. The number of thiocarbonyl (C=S) groups is 1. The van der Waals surface area contributed by atoms with Gasteiger partial charge in [-0.2, -0.15) is 0 Å². The average molecular weight is 480 g/mol. The molecule has 6 nitrogen and oxygen atoms in total. The van der Waals surface area contributed by atoms with Gasteiger partial charge < -0.3 is 20.7 Å². The topological polar surface area (TPSA) is 71.1 Å². The Morgan fingerprint density at radius 1 is 0.900 bits per heavy atom. The molecule has 30 heavy (non-hydrogen) atoms. The van der Waals surface area contributed by atoms with Gasteiger partial charge in [-0.25, -0.2) is 9.97 Å². The monoisotopic (exact) mass is 479 g/mol. The third-order valence-electron chi connectivity index (χ3n) is 4.33. The van der Waals surface area contributed by atoms with E-state index in [1.165, 1.54) is 0 Å². The number of benzene rings is 3. The first-order valence-electron chi connectivity index (χ1n) is 9.10. The van der Waals surface area contributed by atoms with Crippen LogP contribution >= 0.6 is 28.1 Å². The minimum atomic E-state index is 0.484. The highest BCUT2D eigenvalue weighted by atomic mass is 79.9. The highest BCUT2D eigenvalue weighted by molar-refractivity contribution is 9.10. The minimum absolute atomic E-state index is 0.484. The Bertz CT molecular complexity index is 1200. The zero-order valence-corrected chi connectivity index (χ0v) is 18.4. The molecule has 0 bridgehead atoms. The average Bonchev–Trinajstić information content (AvgIpc) is 2.75. The van der Waals surface area contributed by atoms with E-state index < -0.39 is 0 Å². The van der Waals surface area contributed by atoms with E-state index >= 15 is 0 Å². The summed E-state index contributed by atoms with van der Waals surface area (Å²) in [6.07, 6.45) is 1.55. The van der Waals surface area contributed by atoms with E-state index in [1.54, 1.807) is 13.4 Å². The van der Waals surface area contributed by atoms with Crippen LogP contribution in [-0.2, 0) is 0 Å². The van der Waals surface area contributed by atoms with Gasteiger partial charge in [0.15, 0.2) is 5.11 Å². The number of methoxy groups -OCH3 is 1. The summed E-state index contributed by atoms with van der Waals surface area (Å²) in [6, 6.07) is 21.3. The standard InChI is InChI=1S/C22H18BrN5OS/c1-29-18-8-5-15(6-9-18)27-22(30)28-17-7-10-20-19(12-17)21(25-13-24-20)26-16-4-2-3-14(23)11-16/h2-13H,1H3,(H,24,25,26)(H2,27,28,30). The van der Waals surface area contributed by atoms with Crippen molar-refractivity contribution in [1.29, 1.82) is 0 Å². The summed E-state index contributed by atoms with van der Waals surface area (Å²) in [5.41, 5.74) is 3.47. The Labute approximate surface area is 187 Å². The van der Waals surface area contributed by atoms with Crippen LogP contribution in [0.2, 0.25) is 0 Å².